The van der Waals surface area contributed by atoms with E-state index < -0.39 is 0 Å². The lowest BCUT2D eigenvalue weighted by atomic mass is 10.0. The summed E-state index contributed by atoms with van der Waals surface area (Å²) in [6.07, 6.45) is 7.32. The summed E-state index contributed by atoms with van der Waals surface area (Å²) in [6, 6.07) is 12.7. The molecule has 0 saturated carbocycles. The first kappa shape index (κ1) is 15.7. The summed E-state index contributed by atoms with van der Waals surface area (Å²) in [5, 5.41) is 16.2. The minimum atomic E-state index is 0.430. The van der Waals surface area contributed by atoms with Crippen molar-refractivity contribution in [3.8, 4) is 5.69 Å². The van der Waals surface area contributed by atoms with Crippen LogP contribution in [0.4, 0.5) is 5.82 Å². The second-order valence-corrected chi connectivity index (χ2v) is 6.22. The summed E-state index contributed by atoms with van der Waals surface area (Å²) < 4.78 is 1.81. The molecule has 1 fully saturated rings. The summed E-state index contributed by atoms with van der Waals surface area (Å²) in [5.41, 5.74) is 2.28. The molecule has 7 heteroatoms. The predicted molar refractivity (Wildman–Crippen MR) is 95.5 cm³/mol. The van der Waals surface area contributed by atoms with E-state index >= 15 is 0 Å². The molecule has 1 aliphatic heterocycles. The predicted octanol–water partition coefficient (Wildman–Crippen LogP) is 1.82. The number of benzene rings is 1. The topological polar surface area (TPSA) is 71.8 Å². The van der Waals surface area contributed by atoms with Crippen molar-refractivity contribution < 1.29 is 0 Å². The highest BCUT2D eigenvalue weighted by molar-refractivity contribution is 5.40. The average Bonchev–Trinajstić information content (AvgIpc) is 3.22. The molecule has 0 spiro atoms. The zero-order valence-electron chi connectivity index (χ0n) is 14.0. The number of anilines is 1. The second kappa shape index (κ2) is 7.40. The van der Waals surface area contributed by atoms with E-state index in [0.717, 1.165) is 37.6 Å². The van der Waals surface area contributed by atoms with Gasteiger partial charge in [-0.2, -0.15) is 10.2 Å². The molecule has 0 unspecified atom stereocenters. The third-order valence-electron chi connectivity index (χ3n) is 4.54. The monoisotopic (exact) mass is 335 g/mol. The molecule has 1 saturated heterocycles. The van der Waals surface area contributed by atoms with Crippen LogP contribution in [0.5, 0.6) is 0 Å². The molecule has 128 valence electrons. The van der Waals surface area contributed by atoms with Crippen LogP contribution in [0.1, 0.15) is 18.4 Å². The summed E-state index contributed by atoms with van der Waals surface area (Å²) in [6.45, 7) is 2.78. The molecular weight excluding hydrogens is 314 g/mol. The normalized spacial score (nSPS) is 17.6. The summed E-state index contributed by atoms with van der Waals surface area (Å²) in [4.78, 5) is 6.35. The van der Waals surface area contributed by atoms with E-state index in [1.807, 2.05) is 22.9 Å². The number of hydrogen-bond donors (Lipinski definition) is 1. The van der Waals surface area contributed by atoms with Crippen LogP contribution in [0.3, 0.4) is 0 Å². The van der Waals surface area contributed by atoms with Crippen molar-refractivity contribution in [3.05, 3.63) is 60.8 Å². The van der Waals surface area contributed by atoms with Crippen LogP contribution >= 0.6 is 0 Å². The lowest BCUT2D eigenvalue weighted by molar-refractivity contribution is 0.419. The van der Waals surface area contributed by atoms with Gasteiger partial charge in [-0.1, -0.05) is 18.2 Å². The molecule has 3 heterocycles. The number of aromatic nitrogens is 5. The first-order chi connectivity index (χ1) is 12.4. The Balaban J connectivity index is 1.42. The van der Waals surface area contributed by atoms with Gasteiger partial charge in [-0.3, -0.25) is 0 Å². The zero-order valence-corrected chi connectivity index (χ0v) is 14.0. The molecule has 0 amide bonds. The number of para-hydroxylation sites is 1. The highest BCUT2D eigenvalue weighted by atomic mass is 15.3. The molecular formula is C18H21N7. The summed E-state index contributed by atoms with van der Waals surface area (Å²) in [7, 11) is 0. The van der Waals surface area contributed by atoms with Gasteiger partial charge in [0.05, 0.1) is 5.69 Å². The lowest BCUT2D eigenvalue weighted by Gasteiger charge is -2.33. The molecule has 7 nitrogen and oxygen atoms in total. The largest absolute Gasteiger partial charge is 0.354 e. The molecule has 0 aliphatic carbocycles. The Morgan fingerprint density at radius 2 is 2.12 bits per heavy atom. The van der Waals surface area contributed by atoms with Crippen LogP contribution in [0, 0.1) is 0 Å². The fourth-order valence-electron chi connectivity index (χ4n) is 3.28. The summed E-state index contributed by atoms with van der Waals surface area (Å²) in [5.74, 6) is 0.956. The van der Waals surface area contributed by atoms with Crippen molar-refractivity contribution in [1.29, 1.82) is 0 Å². The standard InChI is InChI=1S/C18H21N7/c1-2-7-17(25-14-19-13-22-25)15(5-1)11-20-16-6-4-10-24(12-16)18-8-3-9-21-23-18/h1-3,5,7-9,13-14,16,20H,4,6,10-12H2/t16-/m1/s1. The minimum Gasteiger partial charge on any atom is -0.354 e. The van der Waals surface area contributed by atoms with Gasteiger partial charge >= 0.3 is 0 Å². The highest BCUT2D eigenvalue weighted by Gasteiger charge is 2.21. The number of nitrogens with zero attached hydrogens (tertiary/aromatic N) is 6. The average molecular weight is 335 g/mol. The fraction of sp³-hybridized carbons (Fsp3) is 0.333. The second-order valence-electron chi connectivity index (χ2n) is 6.22. The molecule has 0 bridgehead atoms. The van der Waals surface area contributed by atoms with Gasteiger partial charge in [-0.25, -0.2) is 9.67 Å². The molecule has 1 N–H and O–H groups in total. The molecule has 1 aliphatic rings. The Bertz CT molecular complexity index is 788. The maximum Gasteiger partial charge on any atom is 0.151 e. The maximum atomic E-state index is 4.25. The lowest BCUT2D eigenvalue weighted by Crippen LogP contribution is -2.45. The first-order valence-electron chi connectivity index (χ1n) is 8.59. The van der Waals surface area contributed by atoms with Gasteiger partial charge in [0.15, 0.2) is 5.82 Å². The van der Waals surface area contributed by atoms with Gasteiger partial charge in [0.25, 0.3) is 0 Å². The molecule has 2 aromatic heterocycles. The van der Waals surface area contributed by atoms with Gasteiger partial charge in [-0.05, 0) is 36.6 Å². The van der Waals surface area contributed by atoms with Gasteiger partial charge in [-0.15, -0.1) is 5.10 Å². The third kappa shape index (κ3) is 3.66. The Morgan fingerprint density at radius 3 is 2.96 bits per heavy atom. The van der Waals surface area contributed by atoms with E-state index in [1.165, 1.54) is 12.0 Å². The molecule has 0 radical (unpaired) electrons. The van der Waals surface area contributed by atoms with E-state index in [9.17, 15) is 0 Å². The zero-order chi connectivity index (χ0) is 16.9. The molecule has 3 aromatic rings. The Kier molecular flexibility index (Phi) is 4.65. The van der Waals surface area contributed by atoms with Crippen LogP contribution in [0.25, 0.3) is 5.69 Å². The van der Waals surface area contributed by atoms with Crippen molar-refractivity contribution in [3.63, 3.8) is 0 Å². The van der Waals surface area contributed by atoms with Crippen LogP contribution < -0.4 is 10.2 Å². The van der Waals surface area contributed by atoms with Crippen molar-refractivity contribution in [1.82, 2.24) is 30.3 Å². The van der Waals surface area contributed by atoms with Crippen LogP contribution in [-0.4, -0.2) is 44.1 Å². The van der Waals surface area contributed by atoms with Crippen LogP contribution in [0.2, 0.25) is 0 Å². The number of rotatable bonds is 5. The maximum absolute atomic E-state index is 4.25. The highest BCUT2D eigenvalue weighted by Crippen LogP contribution is 2.18. The smallest absolute Gasteiger partial charge is 0.151 e. The van der Waals surface area contributed by atoms with Crippen molar-refractivity contribution in [2.45, 2.75) is 25.4 Å². The van der Waals surface area contributed by atoms with Crippen molar-refractivity contribution >= 4 is 5.82 Å². The Labute approximate surface area is 146 Å². The van der Waals surface area contributed by atoms with E-state index in [-0.39, 0.29) is 0 Å². The quantitative estimate of drug-likeness (QED) is 0.767. The number of hydrogen-bond acceptors (Lipinski definition) is 6. The van der Waals surface area contributed by atoms with E-state index in [0.29, 0.717) is 6.04 Å². The Hall–Kier alpha value is -2.80. The van der Waals surface area contributed by atoms with Crippen LogP contribution in [-0.2, 0) is 6.54 Å². The van der Waals surface area contributed by atoms with E-state index in [4.69, 9.17) is 0 Å². The van der Waals surface area contributed by atoms with E-state index in [2.05, 4.69) is 48.7 Å². The first-order valence-corrected chi connectivity index (χ1v) is 8.59. The molecule has 1 atom stereocenters. The third-order valence-corrected chi connectivity index (χ3v) is 4.54. The van der Waals surface area contributed by atoms with Gasteiger partial charge < -0.3 is 10.2 Å². The van der Waals surface area contributed by atoms with Crippen molar-refractivity contribution in [2.75, 3.05) is 18.0 Å². The van der Waals surface area contributed by atoms with Crippen LogP contribution in [0.15, 0.2) is 55.2 Å². The number of piperidine rings is 1. The fourth-order valence-corrected chi connectivity index (χ4v) is 3.28. The molecule has 1 aromatic carbocycles. The molecule has 25 heavy (non-hydrogen) atoms. The van der Waals surface area contributed by atoms with Gasteiger partial charge in [0, 0.05) is 31.9 Å². The van der Waals surface area contributed by atoms with Crippen molar-refractivity contribution in [2.24, 2.45) is 0 Å². The number of nitrogens with one attached hydrogen (secondary N) is 1. The van der Waals surface area contributed by atoms with Gasteiger partial charge in [0.1, 0.15) is 12.7 Å². The minimum absolute atomic E-state index is 0.430. The SMILES string of the molecule is c1cnnc(N2CCC[C@@H](NCc3ccccc3-n3cncn3)C2)c1. The van der Waals surface area contributed by atoms with E-state index in [1.54, 1.807) is 18.9 Å². The summed E-state index contributed by atoms with van der Waals surface area (Å²) >= 11 is 0. The van der Waals surface area contributed by atoms with Gasteiger partial charge in [0.2, 0.25) is 0 Å². The molecule has 4 rings (SSSR count). The Morgan fingerprint density at radius 1 is 1.16 bits per heavy atom.